The van der Waals surface area contributed by atoms with Gasteiger partial charge in [0.1, 0.15) is 0 Å². The summed E-state index contributed by atoms with van der Waals surface area (Å²) in [4.78, 5) is 0. The van der Waals surface area contributed by atoms with Crippen LogP contribution < -0.4 is 5.32 Å². The van der Waals surface area contributed by atoms with Gasteiger partial charge in [0, 0.05) is 17.7 Å². The zero-order valence-electron chi connectivity index (χ0n) is 9.74. The van der Waals surface area contributed by atoms with Gasteiger partial charge < -0.3 is 9.84 Å². The molecule has 0 saturated heterocycles. The lowest BCUT2D eigenvalue weighted by Crippen LogP contribution is -2.13. The molecule has 90 valence electrons. The normalized spacial score (nSPS) is 10.7. The molecule has 2 aromatic rings. The van der Waals surface area contributed by atoms with Gasteiger partial charge in [-0.2, -0.15) is 0 Å². The van der Waals surface area contributed by atoms with Gasteiger partial charge >= 0.3 is 0 Å². The van der Waals surface area contributed by atoms with Gasteiger partial charge in [-0.25, -0.2) is 0 Å². The summed E-state index contributed by atoms with van der Waals surface area (Å²) >= 11 is 6.14. The van der Waals surface area contributed by atoms with Crippen molar-refractivity contribution in [2.24, 2.45) is 0 Å². The van der Waals surface area contributed by atoms with Crippen LogP contribution in [0.3, 0.4) is 0 Å². The van der Waals surface area contributed by atoms with Crippen molar-refractivity contribution in [1.29, 1.82) is 0 Å². The number of hydrogen-bond donors (Lipinski definition) is 1. The van der Waals surface area contributed by atoms with Crippen LogP contribution in [0.5, 0.6) is 0 Å². The highest BCUT2D eigenvalue weighted by Gasteiger charge is 2.12. The minimum absolute atomic E-state index is 0.681. The number of aromatic nitrogens is 1. The van der Waals surface area contributed by atoms with E-state index in [2.05, 4.69) is 17.4 Å². The summed E-state index contributed by atoms with van der Waals surface area (Å²) in [6.45, 7) is 3.86. The van der Waals surface area contributed by atoms with Gasteiger partial charge in [0.25, 0.3) is 0 Å². The van der Waals surface area contributed by atoms with Crippen molar-refractivity contribution in [3.63, 3.8) is 0 Å². The molecule has 0 atom stereocenters. The van der Waals surface area contributed by atoms with E-state index in [1.165, 1.54) is 0 Å². The zero-order chi connectivity index (χ0) is 12.1. The number of hydrogen-bond acceptors (Lipinski definition) is 3. The second-order valence-electron chi connectivity index (χ2n) is 3.84. The number of nitrogens with zero attached hydrogens (tertiary/aromatic N) is 1. The molecular formula is C13H15ClN2O. The third-order valence-corrected chi connectivity index (χ3v) is 2.83. The molecule has 0 unspecified atom stereocenters. The zero-order valence-corrected chi connectivity index (χ0v) is 10.5. The first kappa shape index (κ1) is 12.1. The van der Waals surface area contributed by atoms with Crippen molar-refractivity contribution < 1.29 is 4.52 Å². The first-order valence-electron chi connectivity index (χ1n) is 5.72. The molecule has 0 aliphatic heterocycles. The predicted octanol–water partition coefficient (Wildman–Crippen LogP) is 3.49. The third-order valence-electron chi connectivity index (χ3n) is 2.50. The molecular weight excluding hydrogens is 236 g/mol. The Labute approximate surface area is 106 Å². The molecule has 0 saturated carbocycles. The molecule has 1 heterocycles. The summed E-state index contributed by atoms with van der Waals surface area (Å²) in [5.41, 5.74) is 1.92. The smallest absolute Gasteiger partial charge is 0.172 e. The van der Waals surface area contributed by atoms with Crippen LogP contribution in [0.1, 0.15) is 18.9 Å². The van der Waals surface area contributed by atoms with E-state index in [0.29, 0.717) is 5.02 Å². The van der Waals surface area contributed by atoms with Crippen LogP contribution in [-0.2, 0) is 6.54 Å². The molecule has 17 heavy (non-hydrogen) atoms. The molecule has 1 N–H and O–H groups in total. The molecule has 1 aromatic carbocycles. The number of nitrogens with one attached hydrogen (secondary N) is 1. The molecule has 0 aliphatic carbocycles. The monoisotopic (exact) mass is 250 g/mol. The first-order chi connectivity index (χ1) is 8.33. The van der Waals surface area contributed by atoms with Crippen molar-refractivity contribution in [1.82, 2.24) is 10.5 Å². The van der Waals surface area contributed by atoms with E-state index in [0.717, 1.165) is 36.4 Å². The Morgan fingerprint density at radius 1 is 1.35 bits per heavy atom. The van der Waals surface area contributed by atoms with Crippen molar-refractivity contribution in [2.45, 2.75) is 19.9 Å². The third kappa shape index (κ3) is 2.87. The molecule has 3 nitrogen and oxygen atoms in total. The van der Waals surface area contributed by atoms with E-state index in [1.807, 2.05) is 24.3 Å². The largest absolute Gasteiger partial charge is 0.356 e. The highest BCUT2D eigenvalue weighted by atomic mass is 35.5. The summed E-state index contributed by atoms with van der Waals surface area (Å²) < 4.78 is 5.29. The molecule has 0 radical (unpaired) electrons. The Balaban J connectivity index is 2.22. The molecule has 0 spiro atoms. The van der Waals surface area contributed by atoms with Gasteiger partial charge in [-0.05, 0) is 25.1 Å². The Bertz CT molecular complexity index is 482. The molecule has 0 amide bonds. The van der Waals surface area contributed by atoms with E-state index < -0.39 is 0 Å². The van der Waals surface area contributed by atoms with Gasteiger partial charge in [0.2, 0.25) is 0 Å². The maximum absolute atomic E-state index is 6.14. The Morgan fingerprint density at radius 2 is 2.18 bits per heavy atom. The molecule has 0 bridgehead atoms. The standard InChI is InChI=1S/C13H15ClN2O/c1-2-7-15-8-10-9-16-17-13(10)11-5-3-4-6-12(11)14/h3-6,9,15H,2,7-8H2,1H3. The van der Waals surface area contributed by atoms with Crippen molar-refractivity contribution >= 4 is 11.6 Å². The van der Waals surface area contributed by atoms with Crippen molar-refractivity contribution in [3.8, 4) is 11.3 Å². The van der Waals surface area contributed by atoms with E-state index in [9.17, 15) is 0 Å². The highest BCUT2D eigenvalue weighted by molar-refractivity contribution is 6.33. The van der Waals surface area contributed by atoms with Crippen LogP contribution >= 0.6 is 11.6 Å². The van der Waals surface area contributed by atoms with Gasteiger partial charge in [0.15, 0.2) is 5.76 Å². The quantitative estimate of drug-likeness (QED) is 0.826. The number of halogens is 1. The topological polar surface area (TPSA) is 38.1 Å². The fourth-order valence-corrected chi connectivity index (χ4v) is 1.87. The second-order valence-corrected chi connectivity index (χ2v) is 4.24. The van der Waals surface area contributed by atoms with E-state index in [1.54, 1.807) is 6.20 Å². The van der Waals surface area contributed by atoms with Gasteiger partial charge in [-0.1, -0.05) is 35.8 Å². The summed E-state index contributed by atoms with van der Waals surface area (Å²) in [6.07, 6.45) is 2.84. The van der Waals surface area contributed by atoms with E-state index in [-0.39, 0.29) is 0 Å². The second kappa shape index (κ2) is 5.84. The summed E-state index contributed by atoms with van der Waals surface area (Å²) in [5.74, 6) is 0.749. The summed E-state index contributed by atoms with van der Waals surface area (Å²) in [6, 6.07) is 7.62. The van der Waals surface area contributed by atoms with Crippen LogP contribution in [-0.4, -0.2) is 11.7 Å². The fraction of sp³-hybridized carbons (Fsp3) is 0.308. The summed E-state index contributed by atoms with van der Waals surface area (Å²) in [7, 11) is 0. The predicted molar refractivity (Wildman–Crippen MR) is 68.9 cm³/mol. The maximum atomic E-state index is 6.14. The molecule has 1 aromatic heterocycles. The van der Waals surface area contributed by atoms with Crippen LogP contribution in [0.2, 0.25) is 5.02 Å². The Hall–Kier alpha value is -1.32. The highest BCUT2D eigenvalue weighted by Crippen LogP contribution is 2.29. The molecule has 0 fully saturated rings. The first-order valence-corrected chi connectivity index (χ1v) is 6.10. The van der Waals surface area contributed by atoms with E-state index >= 15 is 0 Å². The van der Waals surface area contributed by atoms with E-state index in [4.69, 9.17) is 16.1 Å². The lowest BCUT2D eigenvalue weighted by molar-refractivity contribution is 0.431. The summed E-state index contributed by atoms with van der Waals surface area (Å²) in [5, 5.41) is 7.85. The Morgan fingerprint density at radius 3 is 2.94 bits per heavy atom. The maximum Gasteiger partial charge on any atom is 0.172 e. The van der Waals surface area contributed by atoms with Crippen LogP contribution in [0, 0.1) is 0 Å². The number of rotatable bonds is 5. The van der Waals surface area contributed by atoms with Crippen LogP contribution in [0.25, 0.3) is 11.3 Å². The lowest BCUT2D eigenvalue weighted by atomic mass is 10.1. The van der Waals surface area contributed by atoms with Gasteiger partial charge in [-0.15, -0.1) is 0 Å². The average molecular weight is 251 g/mol. The van der Waals surface area contributed by atoms with Gasteiger partial charge in [0.05, 0.1) is 11.2 Å². The van der Waals surface area contributed by atoms with Crippen molar-refractivity contribution in [2.75, 3.05) is 6.54 Å². The fourth-order valence-electron chi connectivity index (χ4n) is 1.65. The molecule has 0 aliphatic rings. The van der Waals surface area contributed by atoms with Crippen LogP contribution in [0.4, 0.5) is 0 Å². The number of benzene rings is 1. The van der Waals surface area contributed by atoms with Crippen LogP contribution in [0.15, 0.2) is 35.0 Å². The molecule has 2 rings (SSSR count). The minimum Gasteiger partial charge on any atom is -0.356 e. The SMILES string of the molecule is CCCNCc1cnoc1-c1ccccc1Cl. The molecule has 4 heteroatoms. The Kier molecular flexibility index (Phi) is 4.18. The lowest BCUT2D eigenvalue weighted by Gasteiger charge is -2.04. The average Bonchev–Trinajstić information content (AvgIpc) is 2.78. The van der Waals surface area contributed by atoms with Gasteiger partial charge in [-0.3, -0.25) is 0 Å². The van der Waals surface area contributed by atoms with Crippen molar-refractivity contribution in [3.05, 3.63) is 41.0 Å². The minimum atomic E-state index is 0.681.